The van der Waals surface area contributed by atoms with Crippen molar-refractivity contribution in [3.63, 3.8) is 0 Å². The van der Waals surface area contributed by atoms with Crippen LogP contribution in [0.15, 0.2) is 41.3 Å². The highest BCUT2D eigenvalue weighted by molar-refractivity contribution is 6.31. The maximum atomic E-state index is 12.9. The van der Waals surface area contributed by atoms with Crippen LogP contribution in [0.4, 0.5) is 4.79 Å². The second-order valence-corrected chi connectivity index (χ2v) is 10.5. The van der Waals surface area contributed by atoms with Gasteiger partial charge in [-0.25, -0.2) is 9.31 Å². The molecule has 3 heterocycles. The number of nitrogens with zero attached hydrogens (tertiary/aromatic N) is 3. The van der Waals surface area contributed by atoms with Gasteiger partial charge in [-0.05, 0) is 45.2 Å². The number of aromatic nitrogens is 3. The Kier molecular flexibility index (Phi) is 7.68. The summed E-state index contributed by atoms with van der Waals surface area (Å²) in [6, 6.07) is 8.52. The Morgan fingerprint density at radius 3 is 2.57 bits per heavy atom. The lowest BCUT2D eigenvalue weighted by Crippen LogP contribution is -2.41. The average molecular weight is 528 g/mol. The Hall–Kier alpha value is -3.66. The van der Waals surface area contributed by atoms with Crippen LogP contribution < -0.4 is 10.9 Å². The molecule has 1 aromatic carbocycles. The van der Waals surface area contributed by atoms with E-state index in [0.717, 1.165) is 0 Å². The minimum absolute atomic E-state index is 0.0310. The molecular weight excluding hydrogens is 498 g/mol. The smallest absolute Gasteiger partial charge is 0.410 e. The van der Waals surface area contributed by atoms with Crippen molar-refractivity contribution >= 4 is 35.0 Å². The number of aromatic amines is 1. The number of halogens is 1. The number of benzene rings is 1. The lowest BCUT2D eigenvalue weighted by Gasteiger charge is -2.33. The van der Waals surface area contributed by atoms with Gasteiger partial charge < -0.3 is 19.9 Å². The number of Topliss-reactive ketones (excluding diaryl/α,β-unsaturated/α-hetero) is 1. The van der Waals surface area contributed by atoms with Crippen molar-refractivity contribution in [2.75, 3.05) is 19.6 Å². The first kappa shape index (κ1) is 26.4. The summed E-state index contributed by atoms with van der Waals surface area (Å²) in [5.41, 5.74) is 0.839. The van der Waals surface area contributed by atoms with Crippen molar-refractivity contribution < 1.29 is 19.1 Å². The van der Waals surface area contributed by atoms with Crippen molar-refractivity contribution in [2.45, 2.75) is 51.6 Å². The molecule has 0 saturated carbocycles. The van der Waals surface area contributed by atoms with Gasteiger partial charge in [0.05, 0.1) is 18.4 Å². The van der Waals surface area contributed by atoms with E-state index in [1.807, 2.05) is 20.8 Å². The summed E-state index contributed by atoms with van der Waals surface area (Å²) in [4.78, 5) is 54.4. The van der Waals surface area contributed by atoms with Crippen LogP contribution in [0.2, 0.25) is 5.02 Å². The molecule has 1 saturated heterocycles. The highest BCUT2D eigenvalue weighted by atomic mass is 35.5. The van der Waals surface area contributed by atoms with E-state index in [2.05, 4.69) is 15.4 Å². The number of carbonyl (C=O) groups is 3. The van der Waals surface area contributed by atoms with Crippen LogP contribution in [0.5, 0.6) is 0 Å². The third-order valence-electron chi connectivity index (χ3n) is 6.14. The van der Waals surface area contributed by atoms with Crippen LogP contribution in [-0.4, -0.2) is 62.5 Å². The number of likely N-dealkylation sites (tertiary alicyclic amines) is 1. The van der Waals surface area contributed by atoms with Crippen LogP contribution in [0, 0.1) is 0 Å². The van der Waals surface area contributed by atoms with Gasteiger partial charge in [-0.3, -0.25) is 14.4 Å². The van der Waals surface area contributed by atoms with E-state index >= 15 is 0 Å². The molecule has 0 unspecified atom stereocenters. The summed E-state index contributed by atoms with van der Waals surface area (Å²) in [5.74, 6) is -0.754. The summed E-state index contributed by atoms with van der Waals surface area (Å²) in [5, 5.41) is 7.44. The van der Waals surface area contributed by atoms with Gasteiger partial charge in [0.25, 0.3) is 11.5 Å². The molecule has 0 radical (unpaired) electrons. The normalized spacial score (nSPS) is 14.5. The lowest BCUT2D eigenvalue weighted by atomic mass is 9.93. The van der Waals surface area contributed by atoms with Crippen LogP contribution in [-0.2, 0) is 16.0 Å². The predicted octanol–water partition coefficient (Wildman–Crippen LogP) is 3.33. The minimum atomic E-state index is -0.571. The zero-order chi connectivity index (χ0) is 26.7. The molecule has 2 amide bonds. The zero-order valence-electron chi connectivity index (χ0n) is 21.0. The number of ketones is 1. The first-order chi connectivity index (χ1) is 17.5. The summed E-state index contributed by atoms with van der Waals surface area (Å²) < 4.78 is 7.01. The summed E-state index contributed by atoms with van der Waals surface area (Å²) in [7, 11) is 0. The minimum Gasteiger partial charge on any atom is -0.444 e. The topological polar surface area (TPSA) is 126 Å². The Bertz CT molecular complexity index is 1380. The first-order valence-electron chi connectivity index (χ1n) is 12.1. The first-order valence-corrected chi connectivity index (χ1v) is 12.5. The highest BCUT2D eigenvalue weighted by Gasteiger charge is 2.29. The number of H-pyrrole nitrogens is 1. The van der Waals surface area contributed by atoms with Crippen LogP contribution in [0.25, 0.3) is 5.65 Å². The maximum Gasteiger partial charge on any atom is 0.410 e. The molecule has 1 aliphatic heterocycles. The Balaban J connectivity index is 1.44. The molecule has 11 heteroatoms. The fraction of sp³-hybridized carbons (Fsp3) is 0.423. The van der Waals surface area contributed by atoms with Crippen LogP contribution in [0.3, 0.4) is 0 Å². The van der Waals surface area contributed by atoms with Gasteiger partial charge in [-0.2, -0.15) is 5.10 Å². The van der Waals surface area contributed by atoms with Crippen molar-refractivity contribution in [2.24, 2.45) is 0 Å². The third-order valence-corrected chi connectivity index (χ3v) is 6.50. The Morgan fingerprint density at radius 1 is 1.19 bits per heavy atom. The molecule has 10 nitrogen and oxygen atoms in total. The third kappa shape index (κ3) is 6.37. The maximum absolute atomic E-state index is 12.9. The average Bonchev–Trinajstić information content (AvgIpc) is 3.26. The van der Waals surface area contributed by atoms with Gasteiger partial charge in [0.1, 0.15) is 16.8 Å². The van der Waals surface area contributed by atoms with Gasteiger partial charge >= 0.3 is 6.09 Å². The summed E-state index contributed by atoms with van der Waals surface area (Å²) in [6.07, 6.45) is 2.35. The number of hydrogen-bond donors (Lipinski definition) is 2. The lowest BCUT2D eigenvalue weighted by molar-refractivity contribution is -0.117. The molecule has 1 fully saturated rings. The zero-order valence-corrected chi connectivity index (χ0v) is 21.8. The number of hydrogen-bond acceptors (Lipinski definition) is 6. The van der Waals surface area contributed by atoms with Crippen molar-refractivity contribution in [1.82, 2.24) is 24.8 Å². The fourth-order valence-electron chi connectivity index (χ4n) is 4.34. The second-order valence-electron chi connectivity index (χ2n) is 10.1. The fourth-order valence-corrected chi connectivity index (χ4v) is 4.55. The van der Waals surface area contributed by atoms with E-state index in [-0.39, 0.29) is 47.5 Å². The molecule has 37 heavy (non-hydrogen) atoms. The largest absolute Gasteiger partial charge is 0.444 e. The number of ether oxygens (including phenoxy) is 1. The van der Waals surface area contributed by atoms with Crippen molar-refractivity contribution in [1.29, 1.82) is 0 Å². The molecule has 4 rings (SSSR count). The SMILES string of the molecule is CC(C)(C)OC(=O)N1CCC(c2cc(=O)[nH]c3c(C(=O)NCC(=O)Cc4ccccc4Cl)cnn23)CC1. The van der Waals surface area contributed by atoms with Gasteiger partial charge in [0.2, 0.25) is 0 Å². The van der Waals surface area contributed by atoms with Gasteiger partial charge in [0, 0.05) is 36.5 Å². The van der Waals surface area contributed by atoms with Gasteiger partial charge in [-0.15, -0.1) is 0 Å². The quantitative estimate of drug-likeness (QED) is 0.506. The molecule has 0 aliphatic carbocycles. The number of nitrogens with one attached hydrogen (secondary N) is 2. The molecule has 0 atom stereocenters. The number of carbonyl (C=O) groups excluding carboxylic acids is 3. The van der Waals surface area contributed by atoms with E-state index in [1.54, 1.807) is 33.7 Å². The predicted molar refractivity (Wildman–Crippen MR) is 138 cm³/mol. The van der Waals surface area contributed by atoms with Gasteiger partial charge in [-0.1, -0.05) is 29.8 Å². The molecule has 1 aliphatic rings. The van der Waals surface area contributed by atoms with Crippen molar-refractivity contribution in [3.8, 4) is 0 Å². The standard InChI is InChI=1S/C26H30ClN5O5/c1-26(2,3)37-25(36)31-10-8-16(9-11-31)21-13-22(34)30-23-19(15-29-32(21)23)24(35)28-14-18(33)12-17-6-4-5-7-20(17)27/h4-7,13,15-16H,8-12,14H2,1-3H3,(H,28,35)(H,30,34). The summed E-state index contributed by atoms with van der Waals surface area (Å²) in [6.45, 7) is 6.25. The van der Waals surface area contributed by atoms with Crippen molar-refractivity contribution in [3.05, 3.63) is 68.7 Å². The van der Waals surface area contributed by atoms with Gasteiger partial charge in [0.15, 0.2) is 5.78 Å². The number of amides is 2. The number of fused-ring (bicyclic) bond motifs is 1. The van der Waals surface area contributed by atoms with Crippen LogP contribution in [0.1, 0.15) is 61.1 Å². The molecule has 196 valence electrons. The molecule has 2 N–H and O–H groups in total. The van der Waals surface area contributed by atoms with E-state index in [1.165, 1.54) is 12.3 Å². The molecule has 0 spiro atoms. The number of piperidine rings is 1. The molecular formula is C26H30ClN5O5. The monoisotopic (exact) mass is 527 g/mol. The van der Waals surface area contributed by atoms with E-state index in [9.17, 15) is 19.2 Å². The number of rotatable bonds is 6. The molecule has 3 aromatic rings. The molecule has 2 aromatic heterocycles. The van der Waals surface area contributed by atoms with E-state index < -0.39 is 11.5 Å². The molecule has 0 bridgehead atoms. The van der Waals surface area contributed by atoms with E-state index in [0.29, 0.717) is 42.2 Å². The van der Waals surface area contributed by atoms with Crippen LogP contribution >= 0.6 is 11.6 Å². The Labute approximate surface area is 218 Å². The summed E-state index contributed by atoms with van der Waals surface area (Å²) >= 11 is 6.11. The Morgan fingerprint density at radius 2 is 1.89 bits per heavy atom. The second kappa shape index (κ2) is 10.8. The van der Waals surface area contributed by atoms with E-state index in [4.69, 9.17) is 16.3 Å². The highest BCUT2D eigenvalue weighted by Crippen LogP contribution is 2.28.